The highest BCUT2D eigenvalue weighted by Crippen LogP contribution is 2.24. The third-order valence-electron chi connectivity index (χ3n) is 4.07. The van der Waals surface area contributed by atoms with Gasteiger partial charge < -0.3 is 9.47 Å². The molecule has 0 saturated heterocycles. The molecule has 0 unspecified atom stereocenters. The predicted molar refractivity (Wildman–Crippen MR) is 88.3 cm³/mol. The van der Waals surface area contributed by atoms with E-state index < -0.39 is 0 Å². The molecule has 4 nitrogen and oxygen atoms in total. The molecule has 0 N–H and O–H groups in total. The van der Waals surface area contributed by atoms with E-state index in [9.17, 15) is 4.79 Å². The quantitative estimate of drug-likeness (QED) is 0.757. The Morgan fingerprint density at radius 1 is 1.38 bits per heavy atom. The number of nitrogens with zero attached hydrogens (tertiary/aromatic N) is 3. The van der Waals surface area contributed by atoms with Gasteiger partial charge in [0.15, 0.2) is 5.82 Å². The van der Waals surface area contributed by atoms with Gasteiger partial charge in [0.2, 0.25) is 0 Å². The maximum absolute atomic E-state index is 12.7. The fourth-order valence-electron chi connectivity index (χ4n) is 3.12. The summed E-state index contributed by atoms with van der Waals surface area (Å²) >= 11 is 5.96. The van der Waals surface area contributed by atoms with Crippen molar-refractivity contribution in [3.05, 3.63) is 22.7 Å². The van der Waals surface area contributed by atoms with Crippen LogP contribution in [-0.2, 0) is 6.54 Å². The van der Waals surface area contributed by atoms with Crippen molar-refractivity contribution in [3.63, 3.8) is 0 Å². The van der Waals surface area contributed by atoms with Gasteiger partial charge in [-0.3, -0.25) is 4.79 Å². The van der Waals surface area contributed by atoms with Crippen LogP contribution in [0.3, 0.4) is 0 Å². The largest absolute Gasteiger partial charge is 0.348 e. The topological polar surface area (TPSA) is 38.1 Å². The maximum atomic E-state index is 12.7. The molecule has 0 amide bonds. The van der Waals surface area contributed by atoms with E-state index in [1.165, 1.54) is 19.3 Å². The van der Waals surface area contributed by atoms with Gasteiger partial charge in [-0.1, -0.05) is 33.1 Å². The molecule has 21 heavy (non-hydrogen) atoms. The van der Waals surface area contributed by atoms with Gasteiger partial charge in [0, 0.05) is 37.4 Å². The fourth-order valence-corrected chi connectivity index (χ4v) is 3.30. The first-order valence-corrected chi connectivity index (χ1v) is 8.55. The third kappa shape index (κ3) is 4.22. The van der Waals surface area contributed by atoms with Crippen molar-refractivity contribution < 1.29 is 0 Å². The van der Waals surface area contributed by atoms with Crippen molar-refractivity contribution in [1.29, 1.82) is 0 Å². The molecule has 1 aliphatic rings. The molecule has 1 saturated carbocycles. The second kappa shape index (κ2) is 7.83. The molecule has 5 heteroatoms. The van der Waals surface area contributed by atoms with Gasteiger partial charge in [-0.15, -0.1) is 11.6 Å². The summed E-state index contributed by atoms with van der Waals surface area (Å²) in [5.41, 5.74) is 0.0156. The average Bonchev–Trinajstić information content (AvgIpc) is 2.48. The molecule has 0 atom stereocenters. The Labute approximate surface area is 132 Å². The summed E-state index contributed by atoms with van der Waals surface area (Å²) in [6.07, 6.45) is 9.56. The van der Waals surface area contributed by atoms with E-state index in [2.05, 4.69) is 23.7 Å². The lowest BCUT2D eigenvalue weighted by Crippen LogP contribution is -2.43. The van der Waals surface area contributed by atoms with Crippen molar-refractivity contribution >= 4 is 17.4 Å². The van der Waals surface area contributed by atoms with E-state index in [4.69, 9.17) is 11.6 Å². The SMILES string of the molecule is CC(C)Cn1ccnc(N(CCCl)C2CCCCC2)c1=O. The Bertz CT molecular complexity index is 495. The smallest absolute Gasteiger partial charge is 0.293 e. The molecule has 0 radical (unpaired) electrons. The van der Waals surface area contributed by atoms with Crippen LogP contribution in [0.4, 0.5) is 5.82 Å². The van der Waals surface area contributed by atoms with Gasteiger partial charge in [0.1, 0.15) is 0 Å². The van der Waals surface area contributed by atoms with Crippen molar-refractivity contribution in [2.45, 2.75) is 58.5 Å². The summed E-state index contributed by atoms with van der Waals surface area (Å²) < 4.78 is 1.77. The Hall–Kier alpha value is -1.03. The van der Waals surface area contributed by atoms with Crippen molar-refractivity contribution in [2.75, 3.05) is 17.3 Å². The number of aromatic nitrogens is 2. The first-order valence-electron chi connectivity index (χ1n) is 8.01. The summed E-state index contributed by atoms with van der Waals surface area (Å²) in [6.45, 7) is 5.66. The lowest BCUT2D eigenvalue weighted by atomic mass is 9.94. The molecule has 1 heterocycles. The van der Waals surface area contributed by atoms with E-state index in [-0.39, 0.29) is 5.56 Å². The standard InChI is InChI=1S/C16H26ClN3O/c1-13(2)12-19-11-9-18-15(16(19)21)20(10-8-17)14-6-4-3-5-7-14/h9,11,13-14H,3-8,10,12H2,1-2H3. The molecule has 1 aliphatic carbocycles. The van der Waals surface area contributed by atoms with Gasteiger partial charge in [-0.05, 0) is 18.8 Å². The minimum atomic E-state index is 0.0156. The Morgan fingerprint density at radius 3 is 2.71 bits per heavy atom. The Kier molecular flexibility index (Phi) is 6.09. The molecule has 1 fully saturated rings. The van der Waals surface area contributed by atoms with Crippen LogP contribution in [0.25, 0.3) is 0 Å². The van der Waals surface area contributed by atoms with Crippen LogP contribution in [0.2, 0.25) is 0 Å². The van der Waals surface area contributed by atoms with Crippen molar-refractivity contribution in [2.24, 2.45) is 5.92 Å². The van der Waals surface area contributed by atoms with Crippen LogP contribution in [-0.4, -0.2) is 28.0 Å². The summed E-state index contributed by atoms with van der Waals surface area (Å²) in [7, 11) is 0. The lowest BCUT2D eigenvalue weighted by molar-refractivity contribution is 0.414. The van der Waals surface area contributed by atoms with E-state index >= 15 is 0 Å². The molecule has 0 spiro atoms. The van der Waals surface area contributed by atoms with Crippen LogP contribution in [0.1, 0.15) is 46.0 Å². The zero-order valence-electron chi connectivity index (χ0n) is 13.1. The van der Waals surface area contributed by atoms with Crippen molar-refractivity contribution in [3.8, 4) is 0 Å². The number of halogens is 1. The second-order valence-corrected chi connectivity index (χ2v) is 6.65. The second-order valence-electron chi connectivity index (χ2n) is 6.28. The molecule has 0 bridgehead atoms. The predicted octanol–water partition coefficient (Wildman–Crippen LogP) is 3.28. The summed E-state index contributed by atoms with van der Waals surface area (Å²) in [5, 5.41) is 0. The molecule has 0 aromatic carbocycles. The monoisotopic (exact) mass is 311 g/mol. The number of alkyl halides is 1. The van der Waals surface area contributed by atoms with Crippen LogP contribution < -0.4 is 10.5 Å². The summed E-state index contributed by atoms with van der Waals surface area (Å²) in [4.78, 5) is 19.2. The Balaban J connectivity index is 2.29. The zero-order chi connectivity index (χ0) is 15.2. The van der Waals surface area contributed by atoms with Gasteiger partial charge in [0.05, 0.1) is 0 Å². The van der Waals surface area contributed by atoms with E-state index in [0.717, 1.165) is 19.4 Å². The molecule has 1 aromatic heterocycles. The van der Waals surface area contributed by atoms with Gasteiger partial charge in [-0.25, -0.2) is 4.98 Å². The highest BCUT2D eigenvalue weighted by atomic mass is 35.5. The number of hydrogen-bond donors (Lipinski definition) is 0. The highest BCUT2D eigenvalue weighted by Gasteiger charge is 2.24. The molecular weight excluding hydrogens is 286 g/mol. The number of hydrogen-bond acceptors (Lipinski definition) is 3. The Morgan fingerprint density at radius 2 is 2.10 bits per heavy atom. The number of anilines is 1. The normalized spacial score (nSPS) is 16.4. The molecule has 1 aromatic rings. The van der Waals surface area contributed by atoms with E-state index in [1.54, 1.807) is 17.0 Å². The molecule has 0 aliphatic heterocycles. The summed E-state index contributed by atoms with van der Waals surface area (Å²) in [6, 6.07) is 0.410. The minimum Gasteiger partial charge on any atom is -0.348 e. The maximum Gasteiger partial charge on any atom is 0.293 e. The first-order chi connectivity index (χ1) is 10.1. The minimum absolute atomic E-state index is 0.0156. The molecule has 2 rings (SSSR count). The zero-order valence-corrected chi connectivity index (χ0v) is 13.9. The molecule has 118 valence electrons. The van der Waals surface area contributed by atoms with Crippen molar-refractivity contribution in [1.82, 2.24) is 9.55 Å². The van der Waals surface area contributed by atoms with E-state index in [1.807, 2.05) is 0 Å². The van der Waals surface area contributed by atoms with Crippen LogP contribution in [0, 0.1) is 5.92 Å². The number of rotatable bonds is 6. The van der Waals surface area contributed by atoms with Gasteiger partial charge in [-0.2, -0.15) is 0 Å². The first kappa shape index (κ1) is 16.3. The fraction of sp³-hybridized carbons (Fsp3) is 0.750. The molecular formula is C16H26ClN3O. The summed E-state index contributed by atoms with van der Waals surface area (Å²) in [5.74, 6) is 1.54. The van der Waals surface area contributed by atoms with Gasteiger partial charge in [0.25, 0.3) is 5.56 Å². The average molecular weight is 312 g/mol. The van der Waals surface area contributed by atoms with Crippen LogP contribution in [0.15, 0.2) is 17.2 Å². The third-order valence-corrected chi connectivity index (χ3v) is 4.24. The van der Waals surface area contributed by atoms with Crippen LogP contribution in [0.5, 0.6) is 0 Å². The highest BCUT2D eigenvalue weighted by molar-refractivity contribution is 6.18. The lowest BCUT2D eigenvalue weighted by Gasteiger charge is -2.34. The van der Waals surface area contributed by atoms with Crippen LogP contribution >= 0.6 is 11.6 Å². The van der Waals surface area contributed by atoms with Gasteiger partial charge >= 0.3 is 0 Å². The van der Waals surface area contributed by atoms with E-state index in [0.29, 0.717) is 30.2 Å².